The molecule has 0 saturated heterocycles. The van der Waals surface area contributed by atoms with Gasteiger partial charge in [0.2, 0.25) is 29.5 Å². The molecule has 17 nitrogen and oxygen atoms in total. The van der Waals surface area contributed by atoms with Crippen molar-refractivity contribution in [1.82, 2.24) is 26.6 Å². The number of phenols is 1. The molecule has 0 unspecified atom stereocenters. The largest absolute Gasteiger partial charge is 0.508 e. The van der Waals surface area contributed by atoms with E-state index in [1.54, 1.807) is 13.8 Å². The van der Waals surface area contributed by atoms with Gasteiger partial charge < -0.3 is 53.4 Å². The minimum atomic E-state index is -1.33. The summed E-state index contributed by atoms with van der Waals surface area (Å²) >= 11 is 0. The van der Waals surface area contributed by atoms with E-state index in [9.17, 15) is 43.8 Å². The predicted molar refractivity (Wildman–Crippen MR) is 178 cm³/mol. The number of hydrogen-bond donors (Lipinski definition) is 10. The van der Waals surface area contributed by atoms with Crippen LogP contribution in [0.25, 0.3) is 0 Å². The van der Waals surface area contributed by atoms with E-state index in [-0.39, 0.29) is 25.0 Å². The van der Waals surface area contributed by atoms with Crippen LogP contribution in [0, 0.1) is 5.92 Å². The Balaban J connectivity index is 3.39. The molecule has 5 amide bonds. The molecule has 0 radical (unpaired) electrons. The maximum absolute atomic E-state index is 13.8. The van der Waals surface area contributed by atoms with Gasteiger partial charge in [0.05, 0.1) is 6.04 Å². The summed E-state index contributed by atoms with van der Waals surface area (Å²) < 4.78 is 0. The second-order valence-electron chi connectivity index (χ2n) is 12.0. The van der Waals surface area contributed by atoms with Crippen molar-refractivity contribution in [2.24, 2.45) is 17.4 Å². The fraction of sp³-hybridized carbons (Fsp3) is 0.594. The zero-order valence-electron chi connectivity index (χ0n) is 28.4. The number of carboxylic acids is 2. The molecule has 0 aliphatic carbocycles. The van der Waals surface area contributed by atoms with Crippen LogP contribution in [0.3, 0.4) is 0 Å². The molecular formula is C32H51N7O10. The molecule has 1 aromatic rings. The zero-order valence-corrected chi connectivity index (χ0v) is 28.4. The van der Waals surface area contributed by atoms with Gasteiger partial charge in [-0.2, -0.15) is 0 Å². The molecule has 1 rings (SSSR count). The van der Waals surface area contributed by atoms with Gasteiger partial charge in [-0.05, 0) is 69.7 Å². The van der Waals surface area contributed by atoms with Crippen molar-refractivity contribution >= 4 is 41.5 Å². The molecule has 7 atom stereocenters. The zero-order chi connectivity index (χ0) is 37.3. The van der Waals surface area contributed by atoms with E-state index in [1.807, 2.05) is 0 Å². The third kappa shape index (κ3) is 15.3. The third-order valence-corrected chi connectivity index (χ3v) is 7.80. The minimum absolute atomic E-state index is 0.0360. The summed E-state index contributed by atoms with van der Waals surface area (Å²) in [5.74, 6) is -6.87. The Morgan fingerprint density at radius 2 is 1.24 bits per heavy atom. The molecule has 0 aromatic heterocycles. The van der Waals surface area contributed by atoms with Crippen LogP contribution in [0.4, 0.5) is 0 Å². The summed E-state index contributed by atoms with van der Waals surface area (Å²) in [4.78, 5) is 88.7. The summed E-state index contributed by atoms with van der Waals surface area (Å²) in [6.07, 6.45) is 0.618. The lowest BCUT2D eigenvalue weighted by atomic mass is 9.96. The number of amides is 5. The van der Waals surface area contributed by atoms with Crippen LogP contribution in [0.5, 0.6) is 5.75 Å². The van der Waals surface area contributed by atoms with Crippen LogP contribution in [0.15, 0.2) is 24.3 Å². The Kier molecular flexibility index (Phi) is 18.3. The lowest BCUT2D eigenvalue weighted by Crippen LogP contribution is -2.60. The van der Waals surface area contributed by atoms with Crippen molar-refractivity contribution in [2.75, 3.05) is 6.54 Å². The Bertz CT molecular complexity index is 1290. The van der Waals surface area contributed by atoms with Crippen LogP contribution in [-0.2, 0) is 40.0 Å². The first-order valence-corrected chi connectivity index (χ1v) is 16.2. The van der Waals surface area contributed by atoms with E-state index in [4.69, 9.17) is 16.6 Å². The number of carbonyl (C=O) groups is 7. The Hall–Kier alpha value is -4.77. The fourth-order valence-electron chi connectivity index (χ4n) is 4.54. The van der Waals surface area contributed by atoms with Gasteiger partial charge in [-0.25, -0.2) is 0 Å². The number of nitrogens with two attached hydrogens (primary N) is 2. The van der Waals surface area contributed by atoms with Gasteiger partial charge in [-0.15, -0.1) is 0 Å². The van der Waals surface area contributed by atoms with Crippen molar-refractivity contribution in [3.8, 4) is 5.75 Å². The first-order chi connectivity index (χ1) is 23.0. The summed E-state index contributed by atoms with van der Waals surface area (Å²) in [5.41, 5.74) is 11.7. The highest BCUT2D eigenvalue weighted by Gasteiger charge is 2.34. The lowest BCUT2D eigenvalue weighted by molar-refractivity contribution is -0.142. The van der Waals surface area contributed by atoms with Gasteiger partial charge >= 0.3 is 11.9 Å². The van der Waals surface area contributed by atoms with E-state index < -0.39 is 90.1 Å². The first-order valence-electron chi connectivity index (χ1n) is 16.2. The van der Waals surface area contributed by atoms with Crippen molar-refractivity contribution in [3.63, 3.8) is 0 Å². The number of hydrogen-bond acceptors (Lipinski definition) is 10. The van der Waals surface area contributed by atoms with E-state index in [2.05, 4.69) is 26.6 Å². The maximum Gasteiger partial charge on any atom is 0.325 e. The summed E-state index contributed by atoms with van der Waals surface area (Å²) in [6, 6.07) is -1.47. The van der Waals surface area contributed by atoms with Gasteiger partial charge in [-0.1, -0.05) is 32.4 Å². The minimum Gasteiger partial charge on any atom is -0.508 e. The average molecular weight is 694 g/mol. The van der Waals surface area contributed by atoms with E-state index in [0.717, 1.165) is 0 Å². The highest BCUT2D eigenvalue weighted by Crippen LogP contribution is 2.14. The lowest BCUT2D eigenvalue weighted by Gasteiger charge is -2.29. The summed E-state index contributed by atoms with van der Waals surface area (Å²) in [7, 11) is 0. The number of unbranched alkanes of at least 4 members (excludes halogenated alkanes) is 1. The van der Waals surface area contributed by atoms with Gasteiger partial charge in [0.1, 0.15) is 36.0 Å². The number of carboxylic acid groups (broad SMARTS) is 2. The van der Waals surface area contributed by atoms with Crippen molar-refractivity contribution in [1.29, 1.82) is 0 Å². The first kappa shape index (κ1) is 42.3. The average Bonchev–Trinajstić information content (AvgIpc) is 3.04. The number of aromatic hydroxyl groups is 1. The van der Waals surface area contributed by atoms with E-state index in [0.29, 0.717) is 31.4 Å². The third-order valence-electron chi connectivity index (χ3n) is 7.80. The fourth-order valence-corrected chi connectivity index (χ4v) is 4.54. The van der Waals surface area contributed by atoms with Crippen LogP contribution < -0.4 is 38.1 Å². The van der Waals surface area contributed by atoms with Crippen molar-refractivity contribution in [3.05, 3.63) is 29.8 Å². The van der Waals surface area contributed by atoms with Gasteiger partial charge in [0, 0.05) is 12.8 Å². The van der Waals surface area contributed by atoms with Crippen LogP contribution in [-0.4, -0.2) is 99.6 Å². The van der Waals surface area contributed by atoms with Gasteiger partial charge in [0.25, 0.3) is 0 Å². The molecule has 1 aromatic carbocycles. The number of phenolic OH excluding ortho intramolecular Hbond substituents is 1. The Morgan fingerprint density at radius 1 is 0.714 bits per heavy atom. The molecule has 0 saturated carbocycles. The van der Waals surface area contributed by atoms with E-state index in [1.165, 1.54) is 38.1 Å². The second kappa shape index (κ2) is 21.3. The van der Waals surface area contributed by atoms with Crippen LogP contribution in [0.1, 0.15) is 71.8 Å². The molecular weight excluding hydrogens is 642 g/mol. The molecule has 0 aliphatic rings. The molecule has 0 aliphatic heterocycles. The molecule has 0 bridgehead atoms. The van der Waals surface area contributed by atoms with E-state index >= 15 is 0 Å². The number of rotatable bonds is 22. The SMILES string of the molecule is CC[C@H](C)[C@H](NC(=O)[C@H](CCC(=O)O)NC(=O)[C@H](C)N)C(=O)N[C@@H](Cc1ccc(O)cc1)C(=O)N[C@@H](CCCCN)C(=O)N[C@@H](C)C(=O)O. The number of carbonyl (C=O) groups excluding carboxylic acids is 5. The molecule has 0 spiro atoms. The second-order valence-corrected chi connectivity index (χ2v) is 12.0. The number of nitrogens with one attached hydrogen (secondary N) is 5. The predicted octanol–water partition coefficient (Wildman–Crippen LogP) is -1.15. The molecule has 0 fully saturated rings. The quantitative estimate of drug-likeness (QED) is 0.0644. The standard InChI is InChI=1S/C32H51N7O10/c1-5-17(2)26(39-29(45)23(13-14-25(41)42)36-27(43)18(3)34)31(47)38-24(16-20-9-11-21(40)12-10-20)30(46)37-22(8-6-7-15-33)28(44)35-19(4)32(48)49/h9-12,17-19,22-24,26,40H,5-8,13-16,33-34H2,1-4H3,(H,35,44)(H,36,43)(H,37,46)(H,38,47)(H,39,45)(H,41,42)(H,48,49)/t17-,18-,19-,22-,23-,24-,26-/m0/s1. The summed E-state index contributed by atoms with van der Waals surface area (Å²) in [5, 5.41) is 40.7. The van der Waals surface area contributed by atoms with Crippen LogP contribution >= 0.6 is 0 Å². The monoisotopic (exact) mass is 693 g/mol. The Labute approximate surface area is 285 Å². The van der Waals surface area contributed by atoms with Crippen LogP contribution in [0.2, 0.25) is 0 Å². The molecule has 274 valence electrons. The molecule has 17 heteroatoms. The van der Waals surface area contributed by atoms with Crippen molar-refractivity contribution < 1.29 is 48.9 Å². The van der Waals surface area contributed by atoms with Gasteiger partial charge in [-0.3, -0.25) is 33.6 Å². The number of benzene rings is 1. The summed E-state index contributed by atoms with van der Waals surface area (Å²) in [6.45, 7) is 6.41. The smallest absolute Gasteiger partial charge is 0.325 e. The normalized spacial score (nSPS) is 15.2. The topological polar surface area (TPSA) is 292 Å². The van der Waals surface area contributed by atoms with Gasteiger partial charge in [0.15, 0.2) is 0 Å². The molecule has 12 N–H and O–H groups in total. The highest BCUT2D eigenvalue weighted by atomic mass is 16.4. The number of aliphatic carboxylic acids is 2. The Morgan fingerprint density at radius 3 is 1.78 bits per heavy atom. The highest BCUT2D eigenvalue weighted by molar-refractivity contribution is 5.96. The van der Waals surface area contributed by atoms with Crippen molar-refractivity contribution in [2.45, 2.75) is 109 Å². The maximum atomic E-state index is 13.8. The molecule has 49 heavy (non-hydrogen) atoms. The molecule has 0 heterocycles.